The van der Waals surface area contributed by atoms with Crippen LogP contribution in [0.25, 0.3) is 10.9 Å². The molecule has 7 nitrogen and oxygen atoms in total. The van der Waals surface area contributed by atoms with Gasteiger partial charge in [0.15, 0.2) is 0 Å². The Morgan fingerprint density at radius 3 is 2.48 bits per heavy atom. The summed E-state index contributed by atoms with van der Waals surface area (Å²) >= 11 is 0.651. The molecular formula is C22H25F3N4O3S. The van der Waals surface area contributed by atoms with Gasteiger partial charge in [0.2, 0.25) is 17.4 Å². The van der Waals surface area contributed by atoms with Gasteiger partial charge in [0.1, 0.15) is 11.6 Å². The number of halogens is 3. The summed E-state index contributed by atoms with van der Waals surface area (Å²) < 4.78 is 42.6. The van der Waals surface area contributed by atoms with Crippen LogP contribution in [0.2, 0.25) is 0 Å². The Labute approximate surface area is 192 Å². The van der Waals surface area contributed by atoms with E-state index >= 15 is 0 Å². The number of aliphatic hydroxyl groups is 1. The number of thiazole rings is 1. The van der Waals surface area contributed by atoms with E-state index in [1.54, 1.807) is 39.9 Å². The Kier molecular flexibility index (Phi) is 7.13. The first-order valence-corrected chi connectivity index (χ1v) is 11.2. The fourth-order valence-corrected chi connectivity index (χ4v) is 4.43. The van der Waals surface area contributed by atoms with Gasteiger partial charge in [-0.05, 0) is 45.0 Å². The number of amides is 2. The molecule has 0 spiro atoms. The van der Waals surface area contributed by atoms with Gasteiger partial charge in [-0.2, -0.15) is 13.2 Å². The zero-order valence-corrected chi connectivity index (χ0v) is 19.3. The Morgan fingerprint density at radius 1 is 1.21 bits per heavy atom. The highest BCUT2D eigenvalue weighted by Gasteiger charge is 2.58. The first-order chi connectivity index (χ1) is 15.5. The minimum atomic E-state index is -5.08. The van der Waals surface area contributed by atoms with Gasteiger partial charge in [0.05, 0.1) is 6.42 Å². The summed E-state index contributed by atoms with van der Waals surface area (Å²) in [5.41, 5.74) is -2.03. The Balaban J connectivity index is 1.76. The van der Waals surface area contributed by atoms with Crippen LogP contribution in [-0.4, -0.2) is 50.6 Å². The summed E-state index contributed by atoms with van der Waals surface area (Å²) in [6.07, 6.45) is -4.56. The smallest absolute Gasteiger partial charge is 0.374 e. The normalized spacial score (nSPS) is 13.7. The lowest BCUT2D eigenvalue weighted by Crippen LogP contribution is -2.45. The third-order valence-electron chi connectivity index (χ3n) is 5.33. The van der Waals surface area contributed by atoms with Gasteiger partial charge in [0, 0.05) is 47.0 Å². The van der Waals surface area contributed by atoms with Crippen molar-refractivity contribution in [2.24, 2.45) is 0 Å². The molecule has 1 atom stereocenters. The zero-order chi connectivity index (χ0) is 24.4. The average molecular weight is 483 g/mol. The number of nitrogens with one attached hydrogen (secondary N) is 1. The molecule has 11 heteroatoms. The van der Waals surface area contributed by atoms with Gasteiger partial charge in [-0.1, -0.05) is 0 Å². The molecule has 0 aliphatic carbocycles. The molecule has 1 aromatic carbocycles. The van der Waals surface area contributed by atoms with Crippen molar-refractivity contribution < 1.29 is 27.9 Å². The summed E-state index contributed by atoms with van der Waals surface area (Å²) in [4.78, 5) is 30.3. The fourth-order valence-electron chi connectivity index (χ4n) is 3.52. The second-order valence-electron chi connectivity index (χ2n) is 7.66. The predicted octanol–water partition coefficient (Wildman–Crippen LogP) is 4.05. The van der Waals surface area contributed by atoms with Crippen LogP contribution in [0.3, 0.4) is 0 Å². The number of hydrogen-bond donors (Lipinski definition) is 2. The number of rotatable bonds is 8. The fraction of sp³-hybridized carbons (Fsp3) is 0.409. The SMILES string of the molecule is CCN(CC)C(=O)Cn1ccc2cc(NC(=O)CC(O)(c3nc(C)cs3)C(F)(F)F)ccc21. The van der Waals surface area contributed by atoms with Crippen LogP contribution in [0, 0.1) is 6.92 Å². The van der Waals surface area contributed by atoms with Crippen LogP contribution < -0.4 is 5.32 Å². The third kappa shape index (κ3) is 5.19. The van der Waals surface area contributed by atoms with Gasteiger partial charge >= 0.3 is 6.18 Å². The first kappa shape index (κ1) is 24.7. The number of aromatic nitrogens is 2. The van der Waals surface area contributed by atoms with Crippen molar-refractivity contribution in [1.29, 1.82) is 0 Å². The molecule has 2 heterocycles. The summed E-state index contributed by atoms with van der Waals surface area (Å²) in [6.45, 7) is 6.68. The summed E-state index contributed by atoms with van der Waals surface area (Å²) in [7, 11) is 0. The van der Waals surface area contributed by atoms with E-state index in [2.05, 4.69) is 10.3 Å². The highest BCUT2D eigenvalue weighted by atomic mass is 32.1. The lowest BCUT2D eigenvalue weighted by Gasteiger charge is -2.27. The van der Waals surface area contributed by atoms with Crippen molar-refractivity contribution in [2.75, 3.05) is 18.4 Å². The van der Waals surface area contributed by atoms with Gasteiger partial charge in [-0.25, -0.2) is 4.98 Å². The van der Waals surface area contributed by atoms with Crippen LogP contribution in [0.4, 0.5) is 18.9 Å². The number of nitrogens with zero attached hydrogens (tertiary/aromatic N) is 3. The Hall–Kier alpha value is -2.92. The molecule has 33 heavy (non-hydrogen) atoms. The van der Waals surface area contributed by atoms with Crippen molar-refractivity contribution in [2.45, 2.75) is 45.5 Å². The molecule has 0 saturated heterocycles. The van der Waals surface area contributed by atoms with Gasteiger partial charge in [-0.15, -0.1) is 11.3 Å². The maximum atomic E-state index is 13.6. The molecule has 0 aliphatic rings. The van der Waals surface area contributed by atoms with Crippen molar-refractivity contribution in [1.82, 2.24) is 14.5 Å². The van der Waals surface area contributed by atoms with Crippen LogP contribution in [-0.2, 0) is 21.7 Å². The van der Waals surface area contributed by atoms with E-state index in [0.29, 0.717) is 35.5 Å². The highest BCUT2D eigenvalue weighted by Crippen LogP contribution is 2.43. The van der Waals surface area contributed by atoms with Crippen LogP contribution in [0.5, 0.6) is 0 Å². The molecule has 2 aromatic heterocycles. The maximum Gasteiger partial charge on any atom is 0.424 e. The van der Waals surface area contributed by atoms with Gasteiger partial charge in [0.25, 0.3) is 0 Å². The van der Waals surface area contributed by atoms with Crippen molar-refractivity contribution in [3.63, 3.8) is 0 Å². The monoisotopic (exact) mass is 482 g/mol. The quantitative estimate of drug-likeness (QED) is 0.507. The van der Waals surface area contributed by atoms with E-state index in [0.717, 1.165) is 5.52 Å². The number of alkyl halides is 3. The van der Waals surface area contributed by atoms with E-state index in [-0.39, 0.29) is 18.1 Å². The summed E-state index contributed by atoms with van der Waals surface area (Å²) in [5, 5.41) is 14.3. The van der Waals surface area contributed by atoms with E-state index in [1.807, 2.05) is 13.8 Å². The summed E-state index contributed by atoms with van der Waals surface area (Å²) in [6, 6.07) is 6.58. The molecule has 0 saturated carbocycles. The Morgan fingerprint density at radius 2 is 1.91 bits per heavy atom. The molecule has 178 valence electrons. The number of benzene rings is 1. The van der Waals surface area contributed by atoms with Crippen molar-refractivity contribution >= 4 is 39.7 Å². The molecule has 2 amide bonds. The van der Waals surface area contributed by atoms with E-state index < -0.39 is 29.1 Å². The van der Waals surface area contributed by atoms with Crippen molar-refractivity contribution in [3.05, 3.63) is 46.5 Å². The highest BCUT2D eigenvalue weighted by molar-refractivity contribution is 7.09. The minimum Gasteiger partial charge on any atom is -0.374 e. The van der Waals surface area contributed by atoms with Crippen LogP contribution >= 0.6 is 11.3 Å². The molecule has 2 N–H and O–H groups in total. The van der Waals surface area contributed by atoms with Crippen LogP contribution in [0.15, 0.2) is 35.8 Å². The molecule has 1 unspecified atom stereocenters. The molecular weight excluding hydrogens is 457 g/mol. The first-order valence-electron chi connectivity index (χ1n) is 10.4. The topological polar surface area (TPSA) is 87.5 Å². The van der Waals surface area contributed by atoms with E-state index in [4.69, 9.17) is 0 Å². The van der Waals surface area contributed by atoms with Crippen LogP contribution in [0.1, 0.15) is 31.0 Å². The van der Waals surface area contributed by atoms with Gasteiger partial charge < -0.3 is 19.9 Å². The number of hydrogen-bond acceptors (Lipinski definition) is 5. The second-order valence-corrected chi connectivity index (χ2v) is 8.52. The van der Waals surface area contributed by atoms with Gasteiger partial charge in [-0.3, -0.25) is 9.59 Å². The number of anilines is 1. The second kappa shape index (κ2) is 9.52. The lowest BCUT2D eigenvalue weighted by molar-refractivity contribution is -0.266. The lowest BCUT2D eigenvalue weighted by atomic mass is 9.99. The number of carbonyl (C=O) groups is 2. The molecule has 3 rings (SSSR count). The molecule has 0 bridgehead atoms. The van der Waals surface area contributed by atoms with Crippen molar-refractivity contribution in [3.8, 4) is 0 Å². The largest absolute Gasteiger partial charge is 0.424 e. The number of likely N-dealkylation sites (N-methyl/N-ethyl adjacent to an activating group) is 1. The van der Waals surface area contributed by atoms with E-state index in [1.165, 1.54) is 12.3 Å². The number of aryl methyl sites for hydroxylation is 1. The molecule has 3 aromatic rings. The molecule has 0 fully saturated rings. The molecule has 0 radical (unpaired) electrons. The third-order valence-corrected chi connectivity index (χ3v) is 6.45. The standard InChI is InChI=1S/C22H25F3N4O3S/c1-4-28(5-2)19(31)12-29-9-8-15-10-16(6-7-17(15)29)27-18(30)11-21(32,22(23,24)25)20-26-14(3)13-33-20/h6-10,13,32H,4-5,11-12H2,1-3H3,(H,27,30). The Bertz CT molecular complexity index is 1150. The average Bonchev–Trinajstić information content (AvgIpc) is 3.34. The predicted molar refractivity (Wildman–Crippen MR) is 120 cm³/mol. The number of carbonyl (C=O) groups excluding carboxylic acids is 2. The van der Waals surface area contributed by atoms with E-state index in [9.17, 15) is 27.9 Å². The zero-order valence-electron chi connectivity index (χ0n) is 18.4. The maximum absolute atomic E-state index is 13.6. The minimum absolute atomic E-state index is 0.0289. The summed E-state index contributed by atoms with van der Waals surface area (Å²) in [5.74, 6) is -1.03. The number of fused-ring (bicyclic) bond motifs is 1. The molecule has 0 aliphatic heterocycles.